The van der Waals surface area contributed by atoms with Crippen LogP contribution in [0, 0.1) is 0 Å². The second kappa shape index (κ2) is 5.27. The van der Waals surface area contributed by atoms with E-state index in [0.29, 0.717) is 6.04 Å². The van der Waals surface area contributed by atoms with Crippen LogP contribution in [0.2, 0.25) is 0 Å². The lowest BCUT2D eigenvalue weighted by atomic mass is 10.0. The fraction of sp³-hybridized carbons (Fsp3) is 0.250. The molecular weight excluding hydrogens is 262 g/mol. The Morgan fingerprint density at radius 1 is 1.10 bits per heavy atom. The Hall–Kier alpha value is -2.24. The summed E-state index contributed by atoms with van der Waals surface area (Å²) < 4.78 is 2.02. The highest BCUT2D eigenvalue weighted by Gasteiger charge is 2.18. The molecule has 4 rings (SSSR count). The van der Waals surface area contributed by atoms with Gasteiger partial charge in [0.2, 0.25) is 0 Å². The van der Waals surface area contributed by atoms with E-state index in [1.54, 1.807) is 0 Å². The largest absolute Gasteiger partial charge is 0.257 e. The van der Waals surface area contributed by atoms with E-state index in [2.05, 4.69) is 51.5 Å². The normalized spacial score (nSPS) is 18.4. The van der Waals surface area contributed by atoms with Crippen LogP contribution in [0.4, 0.5) is 0 Å². The Balaban J connectivity index is 1.81. The second-order valence-corrected chi connectivity index (χ2v) is 5.37. The zero-order valence-electron chi connectivity index (χ0n) is 11.7. The van der Waals surface area contributed by atoms with E-state index in [4.69, 9.17) is 0 Å². The topological polar surface area (TPSA) is 54.8 Å². The number of nitrogens with zero attached hydrogens (tertiary/aromatic N) is 3. The number of hydrogen-bond donors (Lipinski definition) is 2. The minimum atomic E-state index is 0.402. The van der Waals surface area contributed by atoms with Gasteiger partial charge in [0.1, 0.15) is 5.52 Å². The number of rotatable bonds is 3. The third-order valence-corrected chi connectivity index (χ3v) is 3.94. The molecule has 5 nitrogen and oxygen atoms in total. The van der Waals surface area contributed by atoms with Crippen molar-refractivity contribution >= 4 is 11.0 Å². The molecule has 2 heterocycles. The molecule has 1 atom stereocenters. The third-order valence-electron chi connectivity index (χ3n) is 3.94. The standard InChI is InChI=1S/C16H17N5/c1-2-5-12(6-3-1)14-7-4-8-15-16(14)21(20-19-15)11-13-9-10-17-18-13/h1-8,13,17-18H,9-11H2. The SMILES string of the molecule is c1ccc(-c2cccc3nnn(CC4CCNN4)c23)cc1. The first-order valence-corrected chi connectivity index (χ1v) is 7.28. The van der Waals surface area contributed by atoms with Crippen molar-refractivity contribution in [3.63, 3.8) is 0 Å². The maximum Gasteiger partial charge on any atom is 0.113 e. The molecule has 1 fully saturated rings. The van der Waals surface area contributed by atoms with Crippen LogP contribution in [-0.2, 0) is 6.54 Å². The van der Waals surface area contributed by atoms with Crippen molar-refractivity contribution in [2.24, 2.45) is 0 Å². The summed E-state index contributed by atoms with van der Waals surface area (Å²) >= 11 is 0. The number of fused-ring (bicyclic) bond motifs is 1. The number of aromatic nitrogens is 3. The number of nitrogens with one attached hydrogen (secondary N) is 2. The molecule has 2 N–H and O–H groups in total. The minimum absolute atomic E-state index is 0.402. The molecular formula is C16H17N5. The Kier molecular flexibility index (Phi) is 3.14. The molecule has 0 saturated carbocycles. The Morgan fingerprint density at radius 2 is 2.00 bits per heavy atom. The van der Waals surface area contributed by atoms with Crippen molar-refractivity contribution in [2.75, 3.05) is 6.54 Å². The summed E-state index contributed by atoms with van der Waals surface area (Å²) in [5, 5.41) is 8.66. The summed E-state index contributed by atoms with van der Waals surface area (Å²) in [7, 11) is 0. The van der Waals surface area contributed by atoms with Crippen LogP contribution in [-0.4, -0.2) is 27.6 Å². The van der Waals surface area contributed by atoms with Crippen molar-refractivity contribution in [3.05, 3.63) is 48.5 Å². The monoisotopic (exact) mass is 279 g/mol. The van der Waals surface area contributed by atoms with E-state index in [1.165, 1.54) is 11.1 Å². The smallest absolute Gasteiger partial charge is 0.113 e. The van der Waals surface area contributed by atoms with Crippen molar-refractivity contribution in [1.29, 1.82) is 0 Å². The molecule has 2 aromatic carbocycles. The summed E-state index contributed by atoms with van der Waals surface area (Å²) in [5.41, 5.74) is 10.9. The van der Waals surface area contributed by atoms with Gasteiger partial charge in [-0.3, -0.25) is 10.9 Å². The van der Waals surface area contributed by atoms with Crippen molar-refractivity contribution in [1.82, 2.24) is 25.8 Å². The fourth-order valence-electron chi connectivity index (χ4n) is 2.89. The van der Waals surface area contributed by atoms with Crippen molar-refractivity contribution in [3.8, 4) is 11.1 Å². The Bertz CT molecular complexity index is 744. The van der Waals surface area contributed by atoms with Crippen LogP contribution in [0.15, 0.2) is 48.5 Å². The van der Waals surface area contributed by atoms with E-state index in [0.717, 1.165) is 30.5 Å². The molecule has 21 heavy (non-hydrogen) atoms. The lowest BCUT2D eigenvalue weighted by Crippen LogP contribution is -2.33. The van der Waals surface area contributed by atoms with Crippen LogP contribution in [0.3, 0.4) is 0 Å². The molecule has 0 bridgehead atoms. The van der Waals surface area contributed by atoms with Crippen LogP contribution in [0.5, 0.6) is 0 Å². The molecule has 0 spiro atoms. The molecule has 1 aromatic heterocycles. The van der Waals surface area contributed by atoms with E-state index in [9.17, 15) is 0 Å². The van der Waals surface area contributed by atoms with Gasteiger partial charge in [-0.25, -0.2) is 4.68 Å². The molecule has 3 aromatic rings. The van der Waals surface area contributed by atoms with Gasteiger partial charge in [0.15, 0.2) is 0 Å². The Morgan fingerprint density at radius 3 is 2.81 bits per heavy atom. The van der Waals surface area contributed by atoms with Gasteiger partial charge in [0, 0.05) is 18.2 Å². The average molecular weight is 279 g/mol. The van der Waals surface area contributed by atoms with Crippen molar-refractivity contribution < 1.29 is 0 Å². The number of hydrazine groups is 1. The summed E-state index contributed by atoms with van der Waals surface area (Å²) in [6.45, 7) is 1.83. The molecule has 1 saturated heterocycles. The zero-order chi connectivity index (χ0) is 14.1. The average Bonchev–Trinajstić information content (AvgIpc) is 3.19. The maximum absolute atomic E-state index is 4.34. The van der Waals surface area contributed by atoms with Crippen molar-refractivity contribution in [2.45, 2.75) is 19.0 Å². The number of benzene rings is 2. The van der Waals surface area contributed by atoms with E-state index >= 15 is 0 Å². The number of hydrogen-bond acceptors (Lipinski definition) is 4. The quantitative estimate of drug-likeness (QED) is 0.769. The van der Waals surface area contributed by atoms with Gasteiger partial charge in [-0.1, -0.05) is 47.7 Å². The molecule has 5 heteroatoms. The lowest BCUT2D eigenvalue weighted by Gasteiger charge is -2.11. The molecule has 106 valence electrons. The molecule has 0 aliphatic carbocycles. The lowest BCUT2D eigenvalue weighted by molar-refractivity contribution is 0.456. The Labute approximate surface area is 122 Å². The van der Waals surface area contributed by atoms with Crippen LogP contribution in [0.25, 0.3) is 22.2 Å². The van der Waals surface area contributed by atoms with Crippen LogP contribution >= 0.6 is 0 Å². The van der Waals surface area contributed by atoms with Gasteiger partial charge in [-0.05, 0) is 18.1 Å². The first-order chi connectivity index (χ1) is 10.4. The predicted octanol–water partition coefficient (Wildman–Crippen LogP) is 1.96. The van der Waals surface area contributed by atoms with E-state index in [1.807, 2.05) is 22.9 Å². The highest BCUT2D eigenvalue weighted by Crippen LogP contribution is 2.27. The van der Waals surface area contributed by atoms with Gasteiger partial charge in [0.05, 0.1) is 12.1 Å². The van der Waals surface area contributed by atoms with Gasteiger partial charge >= 0.3 is 0 Å². The molecule has 0 radical (unpaired) electrons. The van der Waals surface area contributed by atoms with Gasteiger partial charge in [0.25, 0.3) is 0 Å². The first kappa shape index (κ1) is 12.5. The zero-order valence-corrected chi connectivity index (χ0v) is 11.7. The van der Waals surface area contributed by atoms with Gasteiger partial charge < -0.3 is 0 Å². The maximum atomic E-state index is 4.34. The first-order valence-electron chi connectivity index (χ1n) is 7.28. The number of para-hydroxylation sites is 1. The highest BCUT2D eigenvalue weighted by molar-refractivity contribution is 5.91. The molecule has 1 unspecified atom stereocenters. The molecule has 0 amide bonds. The van der Waals surface area contributed by atoms with Crippen LogP contribution < -0.4 is 10.9 Å². The fourth-order valence-corrected chi connectivity index (χ4v) is 2.89. The second-order valence-electron chi connectivity index (χ2n) is 5.37. The summed E-state index contributed by atoms with van der Waals surface area (Å²) in [4.78, 5) is 0. The van der Waals surface area contributed by atoms with Crippen LogP contribution in [0.1, 0.15) is 6.42 Å². The predicted molar refractivity (Wildman–Crippen MR) is 82.5 cm³/mol. The summed E-state index contributed by atoms with van der Waals surface area (Å²) in [5.74, 6) is 0. The van der Waals surface area contributed by atoms with E-state index < -0.39 is 0 Å². The summed E-state index contributed by atoms with van der Waals surface area (Å²) in [6, 6.07) is 17.0. The van der Waals surface area contributed by atoms with Gasteiger partial charge in [-0.15, -0.1) is 5.10 Å². The highest BCUT2D eigenvalue weighted by atomic mass is 15.5. The minimum Gasteiger partial charge on any atom is -0.257 e. The molecule has 1 aliphatic rings. The van der Waals surface area contributed by atoms with Gasteiger partial charge in [-0.2, -0.15) is 0 Å². The van der Waals surface area contributed by atoms with E-state index in [-0.39, 0.29) is 0 Å². The third kappa shape index (κ3) is 2.30. The summed E-state index contributed by atoms with van der Waals surface area (Å²) in [6.07, 6.45) is 1.11. The molecule has 1 aliphatic heterocycles.